The van der Waals surface area contributed by atoms with E-state index in [4.69, 9.17) is 4.74 Å². The van der Waals surface area contributed by atoms with Gasteiger partial charge in [-0.05, 0) is 46.6 Å². The number of rotatable bonds is 3. The van der Waals surface area contributed by atoms with Crippen molar-refractivity contribution < 1.29 is 14.3 Å². The molecule has 0 aromatic carbocycles. The third kappa shape index (κ3) is 4.91. The summed E-state index contributed by atoms with van der Waals surface area (Å²) in [6, 6.07) is 1.34. The SMILES string of the molecule is Cc1cc(CNC(=O)C2CCCN2C(=O)OC(C)(C)C)ncn1. The average Bonchev–Trinajstić information content (AvgIpc) is 2.92. The Bertz CT molecular complexity index is 583. The van der Waals surface area contributed by atoms with Crippen LogP contribution in [0, 0.1) is 6.92 Å². The molecule has 2 rings (SSSR count). The van der Waals surface area contributed by atoms with Crippen molar-refractivity contribution in [3.8, 4) is 0 Å². The summed E-state index contributed by atoms with van der Waals surface area (Å²) in [7, 11) is 0. The van der Waals surface area contributed by atoms with Crippen LogP contribution in [0.4, 0.5) is 4.79 Å². The van der Waals surface area contributed by atoms with Crippen LogP contribution in [0.3, 0.4) is 0 Å². The molecule has 7 nitrogen and oxygen atoms in total. The number of amides is 2. The number of hydrogen-bond donors (Lipinski definition) is 1. The highest BCUT2D eigenvalue weighted by molar-refractivity contribution is 5.86. The van der Waals surface area contributed by atoms with Crippen LogP contribution in [-0.4, -0.2) is 45.1 Å². The third-order valence-corrected chi connectivity index (χ3v) is 3.49. The number of ether oxygens (including phenoxy) is 1. The van der Waals surface area contributed by atoms with E-state index in [0.29, 0.717) is 19.5 Å². The second-order valence-corrected chi connectivity index (χ2v) is 6.70. The number of aryl methyl sites for hydroxylation is 1. The maximum Gasteiger partial charge on any atom is 0.410 e. The summed E-state index contributed by atoms with van der Waals surface area (Å²) >= 11 is 0. The van der Waals surface area contributed by atoms with Gasteiger partial charge in [0, 0.05) is 12.2 Å². The molecule has 2 amide bonds. The predicted octanol–water partition coefficient (Wildman–Crippen LogP) is 1.80. The van der Waals surface area contributed by atoms with E-state index >= 15 is 0 Å². The fourth-order valence-corrected chi connectivity index (χ4v) is 2.48. The van der Waals surface area contributed by atoms with Crippen molar-refractivity contribution in [2.45, 2.75) is 58.7 Å². The molecule has 1 aromatic heterocycles. The number of aromatic nitrogens is 2. The van der Waals surface area contributed by atoms with E-state index in [1.54, 1.807) is 0 Å². The summed E-state index contributed by atoms with van der Waals surface area (Å²) < 4.78 is 5.37. The van der Waals surface area contributed by atoms with Crippen LogP contribution in [0.5, 0.6) is 0 Å². The molecule has 1 aromatic rings. The normalized spacial score (nSPS) is 17.9. The van der Waals surface area contributed by atoms with Crippen LogP contribution in [0.2, 0.25) is 0 Å². The molecule has 1 N–H and O–H groups in total. The standard InChI is InChI=1S/C16H24N4O3/c1-11-8-12(19-10-18-11)9-17-14(21)13-6-5-7-20(13)15(22)23-16(2,3)4/h8,10,13H,5-7,9H2,1-4H3,(H,17,21). The number of carbonyl (C=O) groups excluding carboxylic acids is 2. The summed E-state index contributed by atoms with van der Waals surface area (Å²) in [5, 5.41) is 2.84. The Labute approximate surface area is 136 Å². The molecule has 0 aliphatic carbocycles. The van der Waals surface area contributed by atoms with Gasteiger partial charge in [0.1, 0.15) is 18.0 Å². The van der Waals surface area contributed by atoms with Gasteiger partial charge in [0.15, 0.2) is 0 Å². The predicted molar refractivity (Wildman–Crippen MR) is 84.6 cm³/mol. The van der Waals surface area contributed by atoms with E-state index in [-0.39, 0.29) is 5.91 Å². The van der Waals surface area contributed by atoms with Gasteiger partial charge < -0.3 is 10.1 Å². The Kier molecular flexibility index (Phi) is 5.18. The van der Waals surface area contributed by atoms with E-state index in [9.17, 15) is 9.59 Å². The van der Waals surface area contributed by atoms with Crippen molar-refractivity contribution in [2.75, 3.05) is 6.54 Å². The van der Waals surface area contributed by atoms with Crippen molar-refractivity contribution in [1.82, 2.24) is 20.2 Å². The van der Waals surface area contributed by atoms with Crippen molar-refractivity contribution in [3.05, 3.63) is 23.8 Å². The molecule has 0 radical (unpaired) electrons. The van der Waals surface area contributed by atoms with E-state index in [1.165, 1.54) is 11.2 Å². The zero-order chi connectivity index (χ0) is 17.0. The van der Waals surface area contributed by atoms with Crippen LogP contribution in [0.15, 0.2) is 12.4 Å². The van der Waals surface area contributed by atoms with Gasteiger partial charge in [-0.25, -0.2) is 14.8 Å². The first kappa shape index (κ1) is 17.2. The minimum atomic E-state index is -0.570. The molecule has 1 aliphatic rings. The summed E-state index contributed by atoms with van der Waals surface area (Å²) in [5.41, 5.74) is 1.02. The fourth-order valence-electron chi connectivity index (χ4n) is 2.48. The van der Waals surface area contributed by atoms with Crippen LogP contribution in [-0.2, 0) is 16.1 Å². The summed E-state index contributed by atoms with van der Waals surface area (Å²) in [5.74, 6) is -0.176. The first-order valence-electron chi connectivity index (χ1n) is 7.81. The number of nitrogens with zero attached hydrogens (tertiary/aromatic N) is 3. The Balaban J connectivity index is 1.94. The minimum Gasteiger partial charge on any atom is -0.444 e. The maximum atomic E-state index is 12.4. The van der Waals surface area contributed by atoms with Gasteiger partial charge in [0.05, 0.1) is 12.2 Å². The second-order valence-electron chi connectivity index (χ2n) is 6.70. The highest BCUT2D eigenvalue weighted by Crippen LogP contribution is 2.21. The Morgan fingerprint density at radius 2 is 2.13 bits per heavy atom. The van der Waals surface area contributed by atoms with Gasteiger partial charge in [-0.2, -0.15) is 0 Å². The molecule has 7 heteroatoms. The van der Waals surface area contributed by atoms with Crippen molar-refractivity contribution in [3.63, 3.8) is 0 Å². The Hall–Kier alpha value is -2.18. The molecule has 23 heavy (non-hydrogen) atoms. The largest absolute Gasteiger partial charge is 0.444 e. The van der Waals surface area contributed by atoms with Gasteiger partial charge in [-0.3, -0.25) is 9.69 Å². The summed E-state index contributed by atoms with van der Waals surface area (Å²) in [6.07, 6.45) is 2.48. The highest BCUT2D eigenvalue weighted by atomic mass is 16.6. The Morgan fingerprint density at radius 1 is 1.39 bits per heavy atom. The van der Waals surface area contributed by atoms with Crippen molar-refractivity contribution in [1.29, 1.82) is 0 Å². The lowest BCUT2D eigenvalue weighted by molar-refractivity contribution is -0.125. The van der Waals surface area contributed by atoms with Gasteiger partial charge in [0.2, 0.25) is 5.91 Å². The molecule has 1 aliphatic heterocycles. The van der Waals surface area contributed by atoms with Crippen molar-refractivity contribution in [2.24, 2.45) is 0 Å². The third-order valence-electron chi connectivity index (χ3n) is 3.49. The number of likely N-dealkylation sites (tertiary alicyclic amines) is 1. The summed E-state index contributed by atoms with van der Waals surface area (Å²) in [4.78, 5) is 34.2. The molecule has 1 saturated heterocycles. The number of hydrogen-bond acceptors (Lipinski definition) is 5. The number of carbonyl (C=O) groups is 2. The van der Waals surface area contributed by atoms with Gasteiger partial charge in [0.25, 0.3) is 0 Å². The lowest BCUT2D eigenvalue weighted by atomic mass is 10.2. The molecule has 1 unspecified atom stereocenters. The van der Waals surface area contributed by atoms with Crippen molar-refractivity contribution >= 4 is 12.0 Å². The van der Waals surface area contributed by atoms with Crippen LogP contribution >= 0.6 is 0 Å². The zero-order valence-electron chi connectivity index (χ0n) is 14.1. The fraction of sp³-hybridized carbons (Fsp3) is 0.625. The first-order valence-corrected chi connectivity index (χ1v) is 7.81. The minimum absolute atomic E-state index is 0.176. The van der Waals surface area contributed by atoms with E-state index in [0.717, 1.165) is 17.8 Å². The van der Waals surface area contributed by atoms with Gasteiger partial charge in [-0.1, -0.05) is 0 Å². The molecule has 2 heterocycles. The molecular weight excluding hydrogens is 296 g/mol. The lowest BCUT2D eigenvalue weighted by Gasteiger charge is -2.28. The number of nitrogens with one attached hydrogen (secondary N) is 1. The van der Waals surface area contributed by atoms with Gasteiger partial charge >= 0.3 is 6.09 Å². The molecular formula is C16H24N4O3. The monoisotopic (exact) mass is 320 g/mol. The average molecular weight is 320 g/mol. The van der Waals surface area contributed by atoms with E-state index < -0.39 is 17.7 Å². The van der Waals surface area contributed by atoms with Crippen LogP contribution in [0.1, 0.15) is 45.0 Å². The Morgan fingerprint density at radius 3 is 2.78 bits per heavy atom. The van der Waals surface area contributed by atoms with Gasteiger partial charge in [-0.15, -0.1) is 0 Å². The highest BCUT2D eigenvalue weighted by Gasteiger charge is 2.36. The quantitative estimate of drug-likeness (QED) is 0.918. The molecule has 0 bridgehead atoms. The van der Waals surface area contributed by atoms with Crippen LogP contribution in [0.25, 0.3) is 0 Å². The lowest BCUT2D eigenvalue weighted by Crippen LogP contribution is -2.47. The molecule has 1 fully saturated rings. The topological polar surface area (TPSA) is 84.4 Å². The maximum absolute atomic E-state index is 12.4. The van der Waals surface area contributed by atoms with E-state index in [2.05, 4.69) is 15.3 Å². The van der Waals surface area contributed by atoms with E-state index in [1.807, 2.05) is 33.8 Å². The molecule has 126 valence electrons. The zero-order valence-corrected chi connectivity index (χ0v) is 14.1. The molecule has 1 atom stereocenters. The molecule has 0 saturated carbocycles. The second kappa shape index (κ2) is 6.93. The smallest absolute Gasteiger partial charge is 0.410 e. The van der Waals surface area contributed by atoms with Crippen LogP contribution < -0.4 is 5.32 Å². The molecule has 0 spiro atoms. The first-order chi connectivity index (χ1) is 10.8. The summed E-state index contributed by atoms with van der Waals surface area (Å²) in [6.45, 7) is 8.17.